The molecular formula is C23H20N4OS3. The first-order chi connectivity index (χ1) is 15.2. The molecule has 31 heavy (non-hydrogen) atoms. The second kappa shape index (κ2) is 10.6. The van der Waals surface area contributed by atoms with Gasteiger partial charge < -0.3 is 0 Å². The lowest BCUT2D eigenvalue weighted by Crippen LogP contribution is -2.19. The van der Waals surface area contributed by atoms with E-state index >= 15 is 0 Å². The van der Waals surface area contributed by atoms with E-state index in [1.807, 2.05) is 30.3 Å². The number of hydrogen-bond acceptors (Lipinski definition) is 7. The highest BCUT2D eigenvalue weighted by Crippen LogP contribution is 2.30. The third kappa shape index (κ3) is 6.16. The van der Waals surface area contributed by atoms with Gasteiger partial charge in [-0.2, -0.15) is 5.10 Å². The van der Waals surface area contributed by atoms with Crippen LogP contribution in [-0.2, 0) is 10.5 Å². The summed E-state index contributed by atoms with van der Waals surface area (Å²) >= 11 is 4.53. The summed E-state index contributed by atoms with van der Waals surface area (Å²) in [6.07, 6.45) is 1.68. The molecule has 0 radical (unpaired) electrons. The average molecular weight is 465 g/mol. The second-order valence-electron chi connectivity index (χ2n) is 6.76. The lowest BCUT2D eigenvalue weighted by Gasteiger charge is -2.01. The number of carbonyl (C=O) groups is 1. The van der Waals surface area contributed by atoms with Crippen LogP contribution in [0.25, 0.3) is 10.8 Å². The predicted molar refractivity (Wildman–Crippen MR) is 131 cm³/mol. The van der Waals surface area contributed by atoms with E-state index in [0.29, 0.717) is 0 Å². The minimum atomic E-state index is -0.175. The maximum atomic E-state index is 12.1. The largest absolute Gasteiger partial charge is 0.272 e. The van der Waals surface area contributed by atoms with Gasteiger partial charge in [-0.05, 0) is 23.3 Å². The van der Waals surface area contributed by atoms with Crippen LogP contribution in [0.5, 0.6) is 0 Å². The third-order valence-electron chi connectivity index (χ3n) is 4.41. The summed E-state index contributed by atoms with van der Waals surface area (Å²) in [5.74, 6) is 0.915. The molecule has 156 valence electrons. The molecule has 0 aliphatic heterocycles. The van der Waals surface area contributed by atoms with Crippen LogP contribution in [0.15, 0.2) is 80.5 Å². The number of amides is 1. The van der Waals surface area contributed by atoms with Gasteiger partial charge in [-0.25, -0.2) is 5.43 Å². The Labute approximate surface area is 193 Å². The maximum Gasteiger partial charge on any atom is 0.250 e. The first kappa shape index (κ1) is 21.5. The number of hydrazone groups is 1. The van der Waals surface area contributed by atoms with Crippen molar-refractivity contribution in [2.75, 3.05) is 5.75 Å². The normalized spacial score (nSPS) is 11.3. The van der Waals surface area contributed by atoms with Crippen molar-refractivity contribution in [3.05, 3.63) is 83.4 Å². The van der Waals surface area contributed by atoms with E-state index in [9.17, 15) is 4.79 Å². The van der Waals surface area contributed by atoms with E-state index in [1.165, 1.54) is 34.2 Å². The molecule has 0 fully saturated rings. The first-order valence-electron chi connectivity index (χ1n) is 9.62. The lowest BCUT2D eigenvalue weighted by molar-refractivity contribution is -0.118. The number of nitrogens with zero attached hydrogens (tertiary/aromatic N) is 3. The Morgan fingerprint density at radius 3 is 2.58 bits per heavy atom. The molecule has 0 saturated carbocycles. The number of aryl methyl sites for hydroxylation is 1. The van der Waals surface area contributed by atoms with Crippen molar-refractivity contribution in [2.24, 2.45) is 5.10 Å². The Kier molecular flexibility index (Phi) is 7.35. The Hall–Kier alpha value is -2.68. The van der Waals surface area contributed by atoms with Gasteiger partial charge in [-0.3, -0.25) is 4.79 Å². The molecule has 4 rings (SSSR count). The molecule has 0 aliphatic carbocycles. The molecule has 0 atom stereocenters. The zero-order chi connectivity index (χ0) is 21.5. The number of hydrogen-bond donors (Lipinski definition) is 1. The van der Waals surface area contributed by atoms with Crippen molar-refractivity contribution < 1.29 is 4.79 Å². The van der Waals surface area contributed by atoms with E-state index < -0.39 is 0 Å². The molecule has 3 aromatic carbocycles. The van der Waals surface area contributed by atoms with Crippen LogP contribution in [-0.4, -0.2) is 28.1 Å². The number of fused-ring (bicyclic) bond motifs is 1. The Morgan fingerprint density at radius 1 is 1.00 bits per heavy atom. The van der Waals surface area contributed by atoms with Gasteiger partial charge in [0.05, 0.1) is 12.0 Å². The van der Waals surface area contributed by atoms with Crippen molar-refractivity contribution in [2.45, 2.75) is 21.4 Å². The van der Waals surface area contributed by atoms with Gasteiger partial charge >= 0.3 is 0 Å². The van der Waals surface area contributed by atoms with Crippen molar-refractivity contribution >= 4 is 57.8 Å². The molecule has 0 saturated heterocycles. The molecule has 0 bridgehead atoms. The van der Waals surface area contributed by atoms with E-state index in [1.54, 1.807) is 18.0 Å². The summed E-state index contributed by atoms with van der Waals surface area (Å²) in [5, 5.41) is 14.7. The quantitative estimate of drug-likeness (QED) is 0.211. The molecule has 0 spiro atoms. The highest BCUT2D eigenvalue weighted by atomic mass is 32.2. The van der Waals surface area contributed by atoms with E-state index in [4.69, 9.17) is 0 Å². The van der Waals surface area contributed by atoms with Crippen LogP contribution in [0.4, 0.5) is 0 Å². The highest BCUT2D eigenvalue weighted by Gasteiger charge is 2.09. The summed E-state index contributed by atoms with van der Waals surface area (Å²) in [4.78, 5) is 12.1. The van der Waals surface area contributed by atoms with Gasteiger partial charge in [0.2, 0.25) is 0 Å². The third-order valence-corrected chi connectivity index (χ3v) is 7.67. The molecule has 1 aromatic heterocycles. The molecule has 1 amide bonds. The van der Waals surface area contributed by atoms with Gasteiger partial charge in [0.15, 0.2) is 8.68 Å². The highest BCUT2D eigenvalue weighted by molar-refractivity contribution is 8.03. The van der Waals surface area contributed by atoms with Crippen molar-refractivity contribution in [1.82, 2.24) is 15.6 Å². The molecule has 0 unspecified atom stereocenters. The summed E-state index contributed by atoms with van der Waals surface area (Å²) in [6.45, 7) is 2.08. The van der Waals surface area contributed by atoms with E-state index in [2.05, 4.69) is 64.0 Å². The monoisotopic (exact) mass is 464 g/mol. The number of nitrogens with one attached hydrogen (secondary N) is 1. The standard InChI is InChI=1S/C23H20N4OS3/c1-16-9-11-17(12-10-16)14-29-22-26-27-23(31-22)30-15-21(28)25-24-13-19-7-4-6-18-5-2-3-8-20(18)19/h2-13H,14-15H2,1H3,(H,25,28)/b24-13-. The fourth-order valence-corrected chi connectivity index (χ4v) is 5.61. The molecule has 0 aliphatic rings. The zero-order valence-electron chi connectivity index (χ0n) is 16.8. The fraction of sp³-hybridized carbons (Fsp3) is 0.130. The summed E-state index contributed by atoms with van der Waals surface area (Å²) in [5.41, 5.74) is 6.05. The Bertz CT molecular complexity index is 1200. The van der Waals surface area contributed by atoms with Gasteiger partial charge in [-0.1, -0.05) is 107 Å². The Balaban J connectivity index is 1.24. The van der Waals surface area contributed by atoms with Crippen LogP contribution in [0, 0.1) is 6.92 Å². The van der Waals surface area contributed by atoms with Gasteiger partial charge in [0.1, 0.15) is 0 Å². The molecule has 5 nitrogen and oxygen atoms in total. The fourth-order valence-electron chi connectivity index (χ4n) is 2.84. The lowest BCUT2D eigenvalue weighted by atomic mass is 10.1. The number of benzene rings is 3. The number of aromatic nitrogens is 2. The van der Waals surface area contributed by atoms with Crippen molar-refractivity contribution in [1.29, 1.82) is 0 Å². The SMILES string of the molecule is Cc1ccc(CSc2nnc(SCC(=O)N/N=C\c3cccc4ccccc34)s2)cc1. The molecule has 1 N–H and O–H groups in total. The average Bonchev–Trinajstić information content (AvgIpc) is 3.25. The van der Waals surface area contributed by atoms with Crippen molar-refractivity contribution in [3.63, 3.8) is 0 Å². The number of rotatable bonds is 8. The van der Waals surface area contributed by atoms with Crippen molar-refractivity contribution in [3.8, 4) is 0 Å². The smallest absolute Gasteiger partial charge is 0.250 e. The molecular weight excluding hydrogens is 444 g/mol. The van der Waals surface area contributed by atoms with Crippen LogP contribution < -0.4 is 5.43 Å². The van der Waals surface area contributed by atoms with E-state index in [-0.39, 0.29) is 11.7 Å². The topological polar surface area (TPSA) is 67.2 Å². The second-order valence-corrected chi connectivity index (χ2v) is 10.2. The molecule has 1 heterocycles. The predicted octanol–water partition coefficient (Wildman–Crippen LogP) is 5.53. The molecule has 8 heteroatoms. The van der Waals surface area contributed by atoms with Crippen LogP contribution in [0.2, 0.25) is 0 Å². The van der Waals surface area contributed by atoms with Gasteiger partial charge in [0.25, 0.3) is 5.91 Å². The zero-order valence-corrected chi connectivity index (χ0v) is 19.3. The maximum absolute atomic E-state index is 12.1. The van der Waals surface area contributed by atoms with Gasteiger partial charge in [0, 0.05) is 11.3 Å². The summed E-state index contributed by atoms with van der Waals surface area (Å²) in [6, 6.07) is 22.6. The minimum absolute atomic E-state index is 0.175. The van der Waals surface area contributed by atoms with Gasteiger partial charge in [-0.15, -0.1) is 10.2 Å². The Morgan fingerprint density at radius 2 is 1.74 bits per heavy atom. The van der Waals surface area contributed by atoms with Crippen LogP contribution in [0.1, 0.15) is 16.7 Å². The molecule has 4 aromatic rings. The van der Waals surface area contributed by atoms with Crippen LogP contribution in [0.3, 0.4) is 0 Å². The number of thioether (sulfide) groups is 2. The summed E-state index contributed by atoms with van der Waals surface area (Å²) in [7, 11) is 0. The van der Waals surface area contributed by atoms with E-state index in [0.717, 1.165) is 30.8 Å². The van der Waals surface area contributed by atoms with Crippen LogP contribution >= 0.6 is 34.9 Å². The number of carbonyl (C=O) groups excluding carboxylic acids is 1. The minimum Gasteiger partial charge on any atom is -0.272 e. The first-order valence-corrected chi connectivity index (χ1v) is 12.4. The summed E-state index contributed by atoms with van der Waals surface area (Å²) < 4.78 is 1.68.